The van der Waals surface area contributed by atoms with Crippen molar-refractivity contribution in [2.45, 2.75) is 117 Å². The minimum absolute atomic E-state index is 0.00648. The Labute approximate surface area is 355 Å². The zero-order valence-electron chi connectivity index (χ0n) is 37.0. The molecule has 1 aliphatic carbocycles. The molecular formula is C58H63N. The highest BCUT2D eigenvalue weighted by atomic mass is 15.1. The van der Waals surface area contributed by atoms with Gasteiger partial charge in [-0.15, -0.1) is 0 Å². The minimum atomic E-state index is -0.00648. The van der Waals surface area contributed by atoms with Crippen molar-refractivity contribution in [2.24, 2.45) is 0 Å². The molecule has 0 bridgehead atoms. The van der Waals surface area contributed by atoms with Gasteiger partial charge in [-0.25, -0.2) is 0 Å². The molecule has 1 saturated carbocycles. The third-order valence-corrected chi connectivity index (χ3v) is 12.7. The summed E-state index contributed by atoms with van der Waals surface area (Å²) in [7, 11) is 0. The molecule has 8 rings (SSSR count). The van der Waals surface area contributed by atoms with Gasteiger partial charge in [-0.2, -0.15) is 0 Å². The van der Waals surface area contributed by atoms with Crippen LogP contribution in [0, 0.1) is 0 Å². The summed E-state index contributed by atoms with van der Waals surface area (Å²) in [5, 5.41) is 2.72. The number of fused-ring (bicyclic) bond motifs is 1. The molecule has 0 heterocycles. The van der Waals surface area contributed by atoms with Crippen LogP contribution in [-0.2, 0) is 16.2 Å². The van der Waals surface area contributed by atoms with Gasteiger partial charge in [0.15, 0.2) is 0 Å². The van der Waals surface area contributed by atoms with Crippen LogP contribution in [0.25, 0.3) is 44.2 Å². The fourth-order valence-electron chi connectivity index (χ4n) is 9.26. The molecule has 0 aliphatic heterocycles. The largest absolute Gasteiger partial charge is 0.309 e. The van der Waals surface area contributed by atoms with Gasteiger partial charge < -0.3 is 4.90 Å². The molecule has 1 fully saturated rings. The van der Waals surface area contributed by atoms with Crippen molar-refractivity contribution < 1.29 is 0 Å². The van der Waals surface area contributed by atoms with E-state index in [1.807, 2.05) is 0 Å². The Bertz CT molecular complexity index is 2540. The summed E-state index contributed by atoms with van der Waals surface area (Å²) in [5.74, 6) is 0.585. The Kier molecular flexibility index (Phi) is 10.9. The fraction of sp³-hybridized carbons (Fsp3) is 0.310. The average molecular weight is 774 g/mol. The number of hydrogen-bond donors (Lipinski definition) is 0. The van der Waals surface area contributed by atoms with Crippen LogP contribution in [0.4, 0.5) is 17.1 Å². The first kappa shape index (κ1) is 40.4. The molecule has 59 heavy (non-hydrogen) atoms. The van der Waals surface area contributed by atoms with E-state index in [-0.39, 0.29) is 16.2 Å². The van der Waals surface area contributed by atoms with Crippen molar-refractivity contribution in [3.05, 3.63) is 174 Å². The zero-order valence-corrected chi connectivity index (χ0v) is 37.0. The maximum atomic E-state index is 2.57. The van der Waals surface area contributed by atoms with Crippen LogP contribution in [0.5, 0.6) is 0 Å². The number of para-hydroxylation sites is 3. The van der Waals surface area contributed by atoms with Crippen LogP contribution in [0.15, 0.2) is 152 Å². The van der Waals surface area contributed by atoms with Gasteiger partial charge in [0.2, 0.25) is 0 Å². The number of rotatable bonds is 7. The third-order valence-electron chi connectivity index (χ3n) is 12.7. The Morgan fingerprint density at radius 2 is 0.847 bits per heavy atom. The van der Waals surface area contributed by atoms with Crippen molar-refractivity contribution in [1.29, 1.82) is 0 Å². The summed E-state index contributed by atoms with van der Waals surface area (Å²) in [6, 6.07) is 57.8. The highest BCUT2D eigenvalue weighted by Gasteiger charge is 2.27. The fourth-order valence-corrected chi connectivity index (χ4v) is 9.26. The predicted molar refractivity (Wildman–Crippen MR) is 257 cm³/mol. The normalized spacial score (nSPS) is 14.1. The van der Waals surface area contributed by atoms with Crippen molar-refractivity contribution in [1.82, 2.24) is 0 Å². The summed E-state index contributed by atoms with van der Waals surface area (Å²) in [6.45, 7) is 20.9. The molecule has 0 spiro atoms. The van der Waals surface area contributed by atoms with Crippen LogP contribution in [-0.4, -0.2) is 0 Å². The Morgan fingerprint density at radius 1 is 0.390 bits per heavy atom. The van der Waals surface area contributed by atoms with Gasteiger partial charge in [-0.1, -0.05) is 215 Å². The van der Waals surface area contributed by atoms with Crippen LogP contribution in [0.2, 0.25) is 0 Å². The first-order valence-electron chi connectivity index (χ1n) is 22.0. The maximum Gasteiger partial charge on any atom is 0.0540 e. The molecule has 0 atom stereocenters. The molecule has 1 nitrogen and oxygen atoms in total. The Balaban J connectivity index is 1.42. The number of anilines is 3. The lowest BCUT2D eigenvalue weighted by molar-refractivity contribution is 0.445. The van der Waals surface area contributed by atoms with E-state index in [1.54, 1.807) is 0 Å². The van der Waals surface area contributed by atoms with Crippen molar-refractivity contribution >= 4 is 27.8 Å². The SMILES string of the molecule is CC(C)(C)c1ccc(-c2ccccc2N(c2ccccc2-c2cc(C(C)(C)C)cc(C(C)(C)C)c2)c2ccccc2-c2cccc3cccc(C4CCCCC4)c23)cc1. The molecule has 0 aromatic heterocycles. The standard InChI is InChI=1S/C58H63N/c1-56(2,3)44-35-33-41(34-36-44)47-25-13-16-30-52(47)59(53-31-17-14-26-48(53)43-37-45(57(4,5)6)39-46(38-43)58(7,8)9)54-32-18-15-27-50(54)51-29-20-24-42-23-19-28-49(55(42)51)40-21-11-10-12-22-40/h13-20,23-40H,10-12,21-22H2,1-9H3. The van der Waals surface area contributed by atoms with E-state index in [4.69, 9.17) is 0 Å². The summed E-state index contributed by atoms with van der Waals surface area (Å²) in [5.41, 5.74) is 16.5. The highest BCUT2D eigenvalue weighted by Crippen LogP contribution is 2.50. The van der Waals surface area contributed by atoms with Gasteiger partial charge in [-0.3, -0.25) is 0 Å². The van der Waals surface area contributed by atoms with E-state index in [9.17, 15) is 0 Å². The average Bonchev–Trinajstić information content (AvgIpc) is 3.23. The second-order valence-corrected chi connectivity index (χ2v) is 20.1. The van der Waals surface area contributed by atoms with Crippen LogP contribution >= 0.6 is 0 Å². The summed E-state index contributed by atoms with van der Waals surface area (Å²) in [6.07, 6.45) is 6.50. The monoisotopic (exact) mass is 773 g/mol. The van der Waals surface area contributed by atoms with Crippen molar-refractivity contribution in [2.75, 3.05) is 4.90 Å². The summed E-state index contributed by atoms with van der Waals surface area (Å²) in [4.78, 5) is 2.57. The maximum absolute atomic E-state index is 2.57. The molecule has 0 radical (unpaired) electrons. The molecule has 0 unspecified atom stereocenters. The second-order valence-electron chi connectivity index (χ2n) is 20.1. The summed E-state index contributed by atoms with van der Waals surface area (Å²) >= 11 is 0. The van der Waals surface area contributed by atoms with Gasteiger partial charge in [0.1, 0.15) is 0 Å². The topological polar surface area (TPSA) is 3.24 Å². The molecule has 0 amide bonds. The third kappa shape index (κ3) is 8.27. The first-order valence-corrected chi connectivity index (χ1v) is 22.0. The van der Waals surface area contributed by atoms with E-state index in [0.717, 1.165) is 11.4 Å². The van der Waals surface area contributed by atoms with Gasteiger partial charge in [-0.05, 0) is 103 Å². The smallest absolute Gasteiger partial charge is 0.0540 e. The van der Waals surface area contributed by atoms with E-state index in [0.29, 0.717) is 5.92 Å². The minimum Gasteiger partial charge on any atom is -0.309 e. The van der Waals surface area contributed by atoms with E-state index >= 15 is 0 Å². The first-order chi connectivity index (χ1) is 28.2. The molecule has 7 aromatic rings. The molecule has 7 aromatic carbocycles. The van der Waals surface area contributed by atoms with Crippen LogP contribution in [0.3, 0.4) is 0 Å². The van der Waals surface area contributed by atoms with E-state index in [1.165, 1.54) is 104 Å². The Morgan fingerprint density at radius 3 is 1.39 bits per heavy atom. The van der Waals surface area contributed by atoms with Crippen LogP contribution in [0.1, 0.15) is 123 Å². The van der Waals surface area contributed by atoms with Gasteiger partial charge >= 0.3 is 0 Å². The lowest BCUT2D eigenvalue weighted by atomic mass is 9.78. The van der Waals surface area contributed by atoms with E-state index < -0.39 is 0 Å². The molecule has 1 heteroatoms. The molecule has 300 valence electrons. The molecule has 0 saturated heterocycles. The van der Waals surface area contributed by atoms with Gasteiger partial charge in [0, 0.05) is 16.7 Å². The lowest BCUT2D eigenvalue weighted by Gasteiger charge is -2.33. The summed E-state index contributed by atoms with van der Waals surface area (Å²) < 4.78 is 0. The van der Waals surface area contributed by atoms with E-state index in [2.05, 4.69) is 219 Å². The van der Waals surface area contributed by atoms with Crippen molar-refractivity contribution in [3.8, 4) is 33.4 Å². The number of nitrogens with zero attached hydrogens (tertiary/aromatic N) is 1. The molecule has 0 N–H and O–H groups in total. The predicted octanol–water partition coefficient (Wildman–Crippen LogP) is 17.3. The quantitative estimate of drug-likeness (QED) is 0.156. The second kappa shape index (κ2) is 16.0. The zero-order chi connectivity index (χ0) is 41.5. The number of hydrogen-bond acceptors (Lipinski definition) is 1. The van der Waals surface area contributed by atoms with Gasteiger partial charge in [0.05, 0.1) is 17.1 Å². The Hall–Kier alpha value is -5.40. The van der Waals surface area contributed by atoms with Crippen molar-refractivity contribution in [3.63, 3.8) is 0 Å². The molecule has 1 aliphatic rings. The number of benzene rings is 7. The van der Waals surface area contributed by atoms with Crippen LogP contribution < -0.4 is 4.90 Å². The molecular weight excluding hydrogens is 711 g/mol. The van der Waals surface area contributed by atoms with Gasteiger partial charge in [0.25, 0.3) is 0 Å². The highest BCUT2D eigenvalue weighted by molar-refractivity contribution is 6.05. The lowest BCUT2D eigenvalue weighted by Crippen LogP contribution is -2.17.